The molecule has 2 aliphatic rings. The minimum absolute atomic E-state index is 0.272. The molecule has 0 N–H and O–H groups in total. The van der Waals surface area contributed by atoms with Gasteiger partial charge in [-0.3, -0.25) is 0 Å². The fourth-order valence-corrected chi connectivity index (χ4v) is 4.53. The molecule has 1 nitrogen and oxygen atoms in total. The molecule has 24 heavy (non-hydrogen) atoms. The van der Waals surface area contributed by atoms with E-state index in [9.17, 15) is 8.78 Å². The van der Waals surface area contributed by atoms with Crippen molar-refractivity contribution in [1.29, 1.82) is 0 Å². The van der Waals surface area contributed by atoms with Gasteiger partial charge in [0.25, 0.3) is 0 Å². The summed E-state index contributed by atoms with van der Waals surface area (Å²) in [5.41, 5.74) is 1.05. The van der Waals surface area contributed by atoms with Crippen LogP contribution in [0.2, 0.25) is 0 Å². The van der Waals surface area contributed by atoms with Crippen LogP contribution in [0.25, 0.3) is 0 Å². The maximum atomic E-state index is 14.5. The molecule has 0 radical (unpaired) electrons. The number of hydrogen-bond acceptors (Lipinski definition) is 1. The first-order valence-corrected chi connectivity index (χ1v) is 9.57. The molecule has 0 spiro atoms. The van der Waals surface area contributed by atoms with Gasteiger partial charge in [0.15, 0.2) is 0 Å². The second-order valence-electron chi connectivity index (χ2n) is 8.11. The highest BCUT2D eigenvalue weighted by Gasteiger charge is 2.44. The van der Waals surface area contributed by atoms with Crippen molar-refractivity contribution < 1.29 is 13.5 Å². The van der Waals surface area contributed by atoms with Crippen molar-refractivity contribution in [2.24, 2.45) is 23.7 Å². The standard InChI is InChI=1S/C21H30F2O/c1-15-3-7-17(8-4-15)18-9-11-19(12-10-18)21(22,23)24-20-13-5-16(2)6-14-20/h5-6,13-15,17-19H,3-4,7-12H2,1-2H3. The Labute approximate surface area is 144 Å². The third-order valence-electron chi connectivity index (χ3n) is 6.25. The summed E-state index contributed by atoms with van der Waals surface area (Å²) in [6.45, 7) is 4.27. The van der Waals surface area contributed by atoms with Crippen LogP contribution in [0.15, 0.2) is 24.3 Å². The topological polar surface area (TPSA) is 9.23 Å². The van der Waals surface area contributed by atoms with E-state index in [1.165, 1.54) is 25.7 Å². The van der Waals surface area contributed by atoms with Crippen molar-refractivity contribution in [3.8, 4) is 5.75 Å². The summed E-state index contributed by atoms with van der Waals surface area (Å²) in [6.07, 6.45) is 5.24. The van der Waals surface area contributed by atoms with Crippen molar-refractivity contribution >= 4 is 0 Å². The molecule has 2 saturated carbocycles. The Morgan fingerprint density at radius 2 is 1.33 bits per heavy atom. The van der Waals surface area contributed by atoms with Gasteiger partial charge in [-0.25, -0.2) is 0 Å². The summed E-state index contributed by atoms with van der Waals surface area (Å²) in [4.78, 5) is 0. The van der Waals surface area contributed by atoms with E-state index >= 15 is 0 Å². The zero-order valence-electron chi connectivity index (χ0n) is 14.9. The highest BCUT2D eigenvalue weighted by molar-refractivity contribution is 5.26. The predicted octanol–water partition coefficient (Wildman–Crippen LogP) is 6.60. The van der Waals surface area contributed by atoms with Crippen molar-refractivity contribution in [2.45, 2.75) is 71.3 Å². The maximum Gasteiger partial charge on any atom is 0.400 e. The average molecular weight is 336 g/mol. The minimum atomic E-state index is -3.05. The monoisotopic (exact) mass is 336 g/mol. The molecule has 1 aromatic rings. The normalized spacial score (nSPS) is 31.7. The Hall–Kier alpha value is -1.12. The Morgan fingerprint density at radius 1 is 0.833 bits per heavy atom. The first kappa shape index (κ1) is 17.7. The number of rotatable bonds is 4. The molecule has 0 aliphatic heterocycles. The number of benzene rings is 1. The second-order valence-corrected chi connectivity index (χ2v) is 8.11. The molecule has 0 unspecified atom stereocenters. The number of halogens is 2. The van der Waals surface area contributed by atoms with Crippen LogP contribution in [0.1, 0.15) is 63.9 Å². The van der Waals surface area contributed by atoms with Crippen LogP contribution in [-0.2, 0) is 0 Å². The third kappa shape index (κ3) is 4.29. The third-order valence-corrected chi connectivity index (χ3v) is 6.25. The molecule has 0 bridgehead atoms. The zero-order valence-corrected chi connectivity index (χ0v) is 14.9. The molecule has 0 aromatic heterocycles. The molecule has 0 heterocycles. The van der Waals surface area contributed by atoms with E-state index in [-0.39, 0.29) is 5.75 Å². The van der Waals surface area contributed by atoms with Crippen LogP contribution < -0.4 is 4.74 Å². The first-order valence-electron chi connectivity index (χ1n) is 9.57. The minimum Gasteiger partial charge on any atom is -0.432 e. The van der Waals surface area contributed by atoms with E-state index in [2.05, 4.69) is 6.92 Å². The van der Waals surface area contributed by atoms with E-state index < -0.39 is 12.0 Å². The lowest BCUT2D eigenvalue weighted by Crippen LogP contribution is -2.38. The summed E-state index contributed by atoms with van der Waals surface area (Å²) >= 11 is 0. The Balaban J connectivity index is 1.52. The lowest BCUT2D eigenvalue weighted by Gasteiger charge is -2.38. The van der Waals surface area contributed by atoms with E-state index in [0.29, 0.717) is 18.8 Å². The molecule has 3 rings (SSSR count). The van der Waals surface area contributed by atoms with Gasteiger partial charge >= 0.3 is 6.11 Å². The molecule has 2 aliphatic carbocycles. The zero-order chi connectivity index (χ0) is 17.2. The van der Waals surface area contributed by atoms with E-state index in [0.717, 1.165) is 30.2 Å². The quantitative estimate of drug-likeness (QED) is 0.602. The van der Waals surface area contributed by atoms with Gasteiger partial charge in [0.2, 0.25) is 0 Å². The summed E-state index contributed by atoms with van der Waals surface area (Å²) in [6, 6.07) is 6.90. The molecule has 0 amide bonds. The lowest BCUT2D eigenvalue weighted by molar-refractivity contribution is -0.224. The summed E-state index contributed by atoms with van der Waals surface area (Å²) in [7, 11) is 0. The van der Waals surface area contributed by atoms with Gasteiger partial charge in [-0.1, -0.05) is 37.5 Å². The van der Waals surface area contributed by atoms with Crippen LogP contribution in [-0.4, -0.2) is 6.11 Å². The first-order chi connectivity index (χ1) is 11.4. The van der Waals surface area contributed by atoms with Crippen LogP contribution in [0.3, 0.4) is 0 Å². The van der Waals surface area contributed by atoms with E-state index in [1.54, 1.807) is 12.1 Å². The van der Waals surface area contributed by atoms with Crippen LogP contribution in [0, 0.1) is 30.6 Å². The average Bonchev–Trinajstić information content (AvgIpc) is 2.58. The van der Waals surface area contributed by atoms with Gasteiger partial charge in [-0.05, 0) is 75.3 Å². The summed E-state index contributed by atoms with van der Waals surface area (Å²) < 4.78 is 34.0. The molecule has 2 fully saturated rings. The number of alkyl halides is 2. The Kier molecular flexibility index (Phi) is 5.46. The predicted molar refractivity (Wildman–Crippen MR) is 93.3 cm³/mol. The second kappa shape index (κ2) is 7.41. The SMILES string of the molecule is Cc1ccc(OC(F)(F)C2CCC(C3CCC(C)CC3)CC2)cc1. The summed E-state index contributed by atoms with van der Waals surface area (Å²) in [5, 5.41) is 0. The van der Waals surface area contributed by atoms with Gasteiger partial charge < -0.3 is 4.74 Å². The van der Waals surface area contributed by atoms with Crippen LogP contribution >= 0.6 is 0 Å². The van der Waals surface area contributed by atoms with Gasteiger partial charge in [-0.2, -0.15) is 8.78 Å². The largest absolute Gasteiger partial charge is 0.432 e. The number of hydrogen-bond donors (Lipinski definition) is 0. The molecule has 0 saturated heterocycles. The van der Waals surface area contributed by atoms with Crippen molar-refractivity contribution in [3.05, 3.63) is 29.8 Å². The summed E-state index contributed by atoms with van der Waals surface area (Å²) in [5.74, 6) is 1.91. The van der Waals surface area contributed by atoms with Gasteiger partial charge in [0, 0.05) is 0 Å². The highest BCUT2D eigenvalue weighted by atomic mass is 19.3. The molecular weight excluding hydrogens is 306 g/mol. The van der Waals surface area contributed by atoms with Crippen molar-refractivity contribution in [3.63, 3.8) is 0 Å². The van der Waals surface area contributed by atoms with E-state index in [4.69, 9.17) is 4.74 Å². The van der Waals surface area contributed by atoms with Gasteiger partial charge in [0.05, 0.1) is 5.92 Å². The molecule has 134 valence electrons. The molecule has 3 heteroatoms. The fraction of sp³-hybridized carbons (Fsp3) is 0.714. The molecule has 0 atom stereocenters. The maximum absolute atomic E-state index is 14.5. The highest BCUT2D eigenvalue weighted by Crippen LogP contribution is 2.45. The lowest BCUT2D eigenvalue weighted by atomic mass is 9.69. The molecular formula is C21H30F2O. The van der Waals surface area contributed by atoms with Crippen molar-refractivity contribution in [2.75, 3.05) is 0 Å². The van der Waals surface area contributed by atoms with E-state index in [1.807, 2.05) is 19.1 Å². The molecule has 1 aromatic carbocycles. The number of aryl methyl sites for hydroxylation is 1. The Bertz CT molecular complexity index is 509. The number of ether oxygens (including phenoxy) is 1. The fourth-order valence-electron chi connectivity index (χ4n) is 4.53. The van der Waals surface area contributed by atoms with Gasteiger partial charge in [-0.15, -0.1) is 0 Å². The van der Waals surface area contributed by atoms with Crippen LogP contribution in [0.4, 0.5) is 8.78 Å². The smallest absolute Gasteiger partial charge is 0.400 e. The Morgan fingerprint density at radius 3 is 1.88 bits per heavy atom. The van der Waals surface area contributed by atoms with Crippen molar-refractivity contribution in [1.82, 2.24) is 0 Å². The van der Waals surface area contributed by atoms with Gasteiger partial charge in [0.1, 0.15) is 5.75 Å². The van der Waals surface area contributed by atoms with Crippen LogP contribution in [0.5, 0.6) is 5.75 Å².